The number of ether oxygens (including phenoxy) is 1. The van der Waals surface area contributed by atoms with Crippen molar-refractivity contribution in [3.8, 4) is 0 Å². The second-order valence-electron chi connectivity index (χ2n) is 7.27. The highest BCUT2D eigenvalue weighted by Crippen LogP contribution is 2.30. The molecule has 158 valence electrons. The summed E-state index contributed by atoms with van der Waals surface area (Å²) in [5.41, 5.74) is 3.64. The third kappa shape index (κ3) is 4.20. The molecule has 0 aliphatic carbocycles. The van der Waals surface area contributed by atoms with E-state index in [1.165, 1.54) is 11.3 Å². The maximum atomic E-state index is 13.5. The summed E-state index contributed by atoms with van der Waals surface area (Å²) < 4.78 is 8.42. The SMILES string of the molecule is CCOC(=O)C1=C(C)N=c2s/c(=C\c3cccc(Br)c3)c(=O)n2[C@H]1c1ccc(C)cc1. The van der Waals surface area contributed by atoms with Gasteiger partial charge in [-0.3, -0.25) is 9.36 Å². The molecule has 2 heterocycles. The summed E-state index contributed by atoms with van der Waals surface area (Å²) >= 11 is 4.79. The van der Waals surface area contributed by atoms with Crippen molar-refractivity contribution in [2.45, 2.75) is 26.8 Å². The van der Waals surface area contributed by atoms with Gasteiger partial charge in [-0.25, -0.2) is 9.79 Å². The van der Waals surface area contributed by atoms with Gasteiger partial charge in [-0.15, -0.1) is 0 Å². The highest BCUT2D eigenvalue weighted by Gasteiger charge is 2.33. The minimum atomic E-state index is -0.583. The molecular weight excluding hydrogens is 476 g/mol. The number of carbonyl (C=O) groups is 1. The van der Waals surface area contributed by atoms with Crippen molar-refractivity contribution in [3.63, 3.8) is 0 Å². The Morgan fingerprint density at radius 1 is 1.23 bits per heavy atom. The van der Waals surface area contributed by atoms with Crippen LogP contribution in [0.5, 0.6) is 0 Å². The lowest BCUT2D eigenvalue weighted by Gasteiger charge is -2.24. The van der Waals surface area contributed by atoms with E-state index < -0.39 is 12.0 Å². The quantitative estimate of drug-likeness (QED) is 0.515. The summed E-state index contributed by atoms with van der Waals surface area (Å²) in [4.78, 5) is 31.5. The Kier molecular flexibility index (Phi) is 6.07. The van der Waals surface area contributed by atoms with Gasteiger partial charge in [0, 0.05) is 4.47 Å². The lowest BCUT2D eigenvalue weighted by molar-refractivity contribution is -0.139. The van der Waals surface area contributed by atoms with Gasteiger partial charge in [0.15, 0.2) is 4.80 Å². The average Bonchev–Trinajstić information content (AvgIpc) is 3.02. The minimum Gasteiger partial charge on any atom is -0.463 e. The highest BCUT2D eigenvalue weighted by atomic mass is 79.9. The van der Waals surface area contributed by atoms with E-state index in [1.54, 1.807) is 18.4 Å². The molecule has 1 atom stereocenters. The zero-order chi connectivity index (χ0) is 22.1. The smallest absolute Gasteiger partial charge is 0.338 e. The number of aryl methyl sites for hydroxylation is 1. The van der Waals surface area contributed by atoms with Crippen LogP contribution in [-0.4, -0.2) is 17.1 Å². The predicted octanol–water partition coefficient (Wildman–Crippen LogP) is 3.87. The third-order valence-corrected chi connectivity index (χ3v) is 6.53. The van der Waals surface area contributed by atoms with E-state index in [2.05, 4.69) is 20.9 Å². The number of benzene rings is 2. The van der Waals surface area contributed by atoms with E-state index >= 15 is 0 Å². The summed E-state index contributed by atoms with van der Waals surface area (Å²) in [5, 5.41) is 0. The largest absolute Gasteiger partial charge is 0.463 e. The van der Waals surface area contributed by atoms with E-state index in [9.17, 15) is 9.59 Å². The number of halogens is 1. The second-order valence-corrected chi connectivity index (χ2v) is 9.19. The summed E-state index contributed by atoms with van der Waals surface area (Å²) in [6.07, 6.45) is 1.85. The maximum Gasteiger partial charge on any atom is 0.338 e. The van der Waals surface area contributed by atoms with Crippen LogP contribution in [0.25, 0.3) is 6.08 Å². The Morgan fingerprint density at radius 3 is 2.65 bits per heavy atom. The van der Waals surface area contributed by atoms with Crippen LogP contribution in [0.2, 0.25) is 0 Å². The Morgan fingerprint density at radius 2 is 1.97 bits per heavy atom. The Labute approximate surface area is 192 Å². The second kappa shape index (κ2) is 8.77. The van der Waals surface area contributed by atoms with Crippen molar-refractivity contribution in [1.29, 1.82) is 0 Å². The van der Waals surface area contributed by atoms with E-state index in [4.69, 9.17) is 4.74 Å². The van der Waals surface area contributed by atoms with Crippen LogP contribution in [0.4, 0.5) is 0 Å². The first-order valence-electron chi connectivity index (χ1n) is 9.91. The van der Waals surface area contributed by atoms with Gasteiger partial charge in [0.25, 0.3) is 5.56 Å². The van der Waals surface area contributed by atoms with Crippen molar-refractivity contribution in [2.75, 3.05) is 6.61 Å². The number of carbonyl (C=O) groups excluding carboxylic acids is 1. The van der Waals surface area contributed by atoms with Crippen LogP contribution in [0.1, 0.15) is 36.6 Å². The molecule has 2 aromatic carbocycles. The molecule has 0 amide bonds. The lowest BCUT2D eigenvalue weighted by atomic mass is 9.95. The molecule has 0 N–H and O–H groups in total. The molecule has 7 heteroatoms. The van der Waals surface area contributed by atoms with Gasteiger partial charge in [0.2, 0.25) is 0 Å². The summed E-state index contributed by atoms with van der Waals surface area (Å²) in [6.45, 7) is 5.81. The van der Waals surface area contributed by atoms with Gasteiger partial charge in [-0.05, 0) is 50.1 Å². The lowest BCUT2D eigenvalue weighted by Crippen LogP contribution is -2.39. The van der Waals surface area contributed by atoms with Gasteiger partial charge >= 0.3 is 5.97 Å². The average molecular weight is 497 g/mol. The number of nitrogens with zero attached hydrogens (tertiary/aromatic N) is 2. The van der Waals surface area contributed by atoms with Crippen LogP contribution in [0.15, 0.2) is 74.1 Å². The topological polar surface area (TPSA) is 60.7 Å². The van der Waals surface area contributed by atoms with Crippen molar-refractivity contribution >= 4 is 39.3 Å². The fraction of sp³-hybridized carbons (Fsp3) is 0.208. The molecule has 0 radical (unpaired) electrons. The number of fused-ring (bicyclic) bond motifs is 1. The number of thiazole rings is 1. The Bertz CT molecular complexity index is 1370. The van der Waals surface area contributed by atoms with Crippen molar-refractivity contribution < 1.29 is 9.53 Å². The third-order valence-electron chi connectivity index (χ3n) is 5.06. The van der Waals surface area contributed by atoms with Crippen molar-refractivity contribution in [3.05, 3.63) is 101 Å². The van der Waals surface area contributed by atoms with E-state index in [0.717, 1.165) is 21.2 Å². The monoisotopic (exact) mass is 496 g/mol. The molecule has 0 unspecified atom stereocenters. The molecule has 0 saturated heterocycles. The molecule has 0 bridgehead atoms. The van der Waals surface area contributed by atoms with Crippen LogP contribution in [-0.2, 0) is 9.53 Å². The molecule has 31 heavy (non-hydrogen) atoms. The van der Waals surface area contributed by atoms with Crippen molar-refractivity contribution in [1.82, 2.24) is 4.57 Å². The minimum absolute atomic E-state index is 0.177. The number of rotatable bonds is 4. The number of hydrogen-bond donors (Lipinski definition) is 0. The predicted molar refractivity (Wildman–Crippen MR) is 126 cm³/mol. The van der Waals surface area contributed by atoms with Crippen LogP contribution < -0.4 is 14.9 Å². The molecule has 0 spiro atoms. The number of allylic oxidation sites excluding steroid dienone is 1. The van der Waals surface area contributed by atoms with Crippen LogP contribution >= 0.6 is 27.3 Å². The summed E-state index contributed by atoms with van der Waals surface area (Å²) in [6, 6.07) is 15.0. The molecule has 5 nitrogen and oxygen atoms in total. The summed E-state index contributed by atoms with van der Waals surface area (Å²) in [7, 11) is 0. The van der Waals surface area contributed by atoms with Crippen molar-refractivity contribution in [2.24, 2.45) is 4.99 Å². The molecule has 3 aromatic rings. The molecule has 4 rings (SSSR count). The first-order chi connectivity index (χ1) is 14.9. The van der Waals surface area contributed by atoms with Gasteiger partial charge in [0.05, 0.1) is 28.5 Å². The van der Waals surface area contributed by atoms with E-state index in [0.29, 0.717) is 20.6 Å². The molecule has 0 saturated carbocycles. The van der Waals surface area contributed by atoms with E-state index in [1.807, 2.05) is 61.5 Å². The Balaban J connectivity index is 1.96. The molecule has 0 fully saturated rings. The zero-order valence-corrected chi connectivity index (χ0v) is 19.8. The number of aromatic nitrogens is 1. The standard InChI is InChI=1S/C24H21BrN2O3S/c1-4-30-23(29)20-15(3)26-24-27(21(20)17-10-8-14(2)9-11-17)22(28)19(31-24)13-16-6-5-7-18(25)12-16/h5-13,21H,4H2,1-3H3/b19-13-/t21-/m0/s1. The number of hydrogen-bond acceptors (Lipinski definition) is 5. The Hall–Kier alpha value is -2.77. The summed E-state index contributed by atoms with van der Waals surface area (Å²) in [5.74, 6) is -0.449. The first-order valence-corrected chi connectivity index (χ1v) is 11.5. The highest BCUT2D eigenvalue weighted by molar-refractivity contribution is 9.10. The van der Waals surface area contributed by atoms with Gasteiger partial charge in [-0.2, -0.15) is 0 Å². The van der Waals surface area contributed by atoms with Crippen LogP contribution in [0.3, 0.4) is 0 Å². The molecule has 1 aromatic heterocycles. The van der Waals surface area contributed by atoms with Gasteiger partial charge in [-0.1, -0.05) is 69.2 Å². The zero-order valence-electron chi connectivity index (χ0n) is 17.4. The molecule has 1 aliphatic heterocycles. The first kappa shape index (κ1) is 21.5. The van der Waals surface area contributed by atoms with Gasteiger partial charge < -0.3 is 4.74 Å². The fourth-order valence-electron chi connectivity index (χ4n) is 3.60. The molecule has 1 aliphatic rings. The van der Waals surface area contributed by atoms with Gasteiger partial charge in [0.1, 0.15) is 0 Å². The molecular formula is C24H21BrN2O3S. The van der Waals surface area contributed by atoms with Crippen LogP contribution in [0, 0.1) is 6.92 Å². The fourth-order valence-corrected chi connectivity index (χ4v) is 5.07. The maximum absolute atomic E-state index is 13.5. The number of esters is 1. The van der Waals surface area contributed by atoms with E-state index in [-0.39, 0.29) is 12.2 Å². The normalized spacial score (nSPS) is 16.1.